The summed E-state index contributed by atoms with van der Waals surface area (Å²) in [7, 11) is 1.72. The summed E-state index contributed by atoms with van der Waals surface area (Å²) in [4.78, 5) is 42.4. The molecule has 162 valence electrons. The van der Waals surface area contributed by atoms with Gasteiger partial charge in [-0.05, 0) is 71.3 Å². The van der Waals surface area contributed by atoms with Gasteiger partial charge in [-0.15, -0.1) is 0 Å². The SMILES string of the molecule is CCOC(=O)c1c(C)[nH]c(C(=O)[C@@H](C)N(C)CC(=O)Nc2cccc(C)c2C)c1C. The molecule has 0 bridgehead atoms. The van der Waals surface area contributed by atoms with Gasteiger partial charge in [-0.1, -0.05) is 12.1 Å². The molecule has 2 N–H and O–H groups in total. The molecule has 30 heavy (non-hydrogen) atoms. The van der Waals surface area contributed by atoms with E-state index in [2.05, 4.69) is 10.3 Å². The third-order valence-corrected chi connectivity index (χ3v) is 5.48. The van der Waals surface area contributed by atoms with Gasteiger partial charge < -0.3 is 15.0 Å². The maximum Gasteiger partial charge on any atom is 0.340 e. The van der Waals surface area contributed by atoms with Gasteiger partial charge in [0, 0.05) is 11.4 Å². The molecule has 1 aromatic carbocycles. The standard InChI is InChI=1S/C23H31N3O4/c1-8-30-23(29)20-15(4)21(24-16(20)5)22(28)17(6)26(7)12-19(27)25-18-11-9-10-13(2)14(18)3/h9-11,17,24H,8,12H2,1-7H3,(H,25,27)/t17-/m1/s1. The van der Waals surface area contributed by atoms with Crippen LogP contribution >= 0.6 is 0 Å². The van der Waals surface area contributed by atoms with E-state index in [-0.39, 0.29) is 24.8 Å². The zero-order valence-corrected chi connectivity index (χ0v) is 18.8. The fraction of sp³-hybridized carbons (Fsp3) is 0.435. The molecule has 1 aromatic heterocycles. The number of nitrogens with zero attached hydrogens (tertiary/aromatic N) is 1. The molecule has 0 fully saturated rings. The molecule has 0 aliphatic carbocycles. The number of esters is 1. The van der Waals surface area contributed by atoms with Crippen molar-refractivity contribution in [3.8, 4) is 0 Å². The predicted octanol–water partition coefficient (Wildman–Crippen LogP) is 3.57. The Morgan fingerprint density at radius 2 is 1.80 bits per heavy atom. The van der Waals surface area contributed by atoms with Gasteiger partial charge in [0.1, 0.15) is 0 Å². The van der Waals surface area contributed by atoms with Crippen molar-refractivity contribution < 1.29 is 19.1 Å². The number of carbonyl (C=O) groups is 3. The number of amides is 1. The normalized spacial score (nSPS) is 12.0. The molecular weight excluding hydrogens is 382 g/mol. The first kappa shape index (κ1) is 23.3. The van der Waals surface area contributed by atoms with E-state index in [0.717, 1.165) is 16.8 Å². The van der Waals surface area contributed by atoms with Crippen LogP contribution in [-0.4, -0.2) is 53.8 Å². The van der Waals surface area contributed by atoms with Crippen LogP contribution in [0.2, 0.25) is 0 Å². The summed E-state index contributed by atoms with van der Waals surface area (Å²) in [6.07, 6.45) is 0. The second kappa shape index (κ2) is 9.71. The van der Waals surface area contributed by atoms with E-state index >= 15 is 0 Å². The molecule has 0 saturated heterocycles. The number of hydrogen-bond donors (Lipinski definition) is 2. The van der Waals surface area contributed by atoms with Gasteiger partial charge in [0.2, 0.25) is 5.91 Å². The number of Topliss-reactive ketones (excluding diaryl/α,β-unsaturated/α-hetero) is 1. The number of anilines is 1. The van der Waals surface area contributed by atoms with E-state index in [9.17, 15) is 14.4 Å². The smallest absolute Gasteiger partial charge is 0.340 e. The van der Waals surface area contributed by atoms with Gasteiger partial charge >= 0.3 is 5.97 Å². The first-order valence-electron chi connectivity index (χ1n) is 10.0. The average molecular weight is 414 g/mol. The van der Waals surface area contributed by atoms with Gasteiger partial charge in [-0.2, -0.15) is 0 Å². The minimum Gasteiger partial charge on any atom is -0.462 e. The van der Waals surface area contributed by atoms with Crippen molar-refractivity contribution in [2.75, 3.05) is 25.5 Å². The topological polar surface area (TPSA) is 91.5 Å². The van der Waals surface area contributed by atoms with E-state index in [1.54, 1.807) is 39.6 Å². The number of carbonyl (C=O) groups excluding carboxylic acids is 3. The van der Waals surface area contributed by atoms with Crippen molar-refractivity contribution in [3.05, 3.63) is 51.8 Å². The van der Waals surface area contributed by atoms with Crippen molar-refractivity contribution in [1.82, 2.24) is 9.88 Å². The number of rotatable bonds is 8. The number of H-pyrrole nitrogens is 1. The molecule has 7 nitrogen and oxygen atoms in total. The average Bonchev–Trinajstić information content (AvgIpc) is 2.98. The van der Waals surface area contributed by atoms with Crippen LogP contribution in [0.5, 0.6) is 0 Å². The van der Waals surface area contributed by atoms with Gasteiger partial charge in [-0.3, -0.25) is 14.5 Å². The third-order valence-electron chi connectivity index (χ3n) is 5.48. The summed E-state index contributed by atoms with van der Waals surface area (Å²) in [6, 6.07) is 5.19. The van der Waals surface area contributed by atoms with Crippen LogP contribution in [0.15, 0.2) is 18.2 Å². The van der Waals surface area contributed by atoms with Crippen LogP contribution in [0, 0.1) is 27.7 Å². The summed E-state index contributed by atoms with van der Waals surface area (Å²) >= 11 is 0. The number of nitrogens with one attached hydrogen (secondary N) is 2. The van der Waals surface area contributed by atoms with Crippen LogP contribution in [-0.2, 0) is 9.53 Å². The Bertz CT molecular complexity index is 962. The Morgan fingerprint density at radius 1 is 1.13 bits per heavy atom. The number of hydrogen-bond acceptors (Lipinski definition) is 5. The molecule has 2 rings (SSSR count). The number of aromatic nitrogens is 1. The molecule has 1 amide bonds. The highest BCUT2D eigenvalue weighted by atomic mass is 16.5. The summed E-state index contributed by atoms with van der Waals surface area (Å²) in [5.74, 6) is -0.831. The third kappa shape index (κ3) is 4.97. The summed E-state index contributed by atoms with van der Waals surface area (Å²) in [5, 5.41) is 2.91. The first-order chi connectivity index (χ1) is 14.1. The lowest BCUT2D eigenvalue weighted by Crippen LogP contribution is -2.41. The quantitative estimate of drug-likeness (QED) is 0.510. The van der Waals surface area contributed by atoms with Gasteiger partial charge in [-0.25, -0.2) is 4.79 Å². The van der Waals surface area contributed by atoms with Crippen LogP contribution in [0.3, 0.4) is 0 Å². The Morgan fingerprint density at radius 3 is 2.43 bits per heavy atom. The Kier molecular flexibility index (Phi) is 7.56. The number of ketones is 1. The minimum absolute atomic E-state index is 0.0593. The van der Waals surface area contributed by atoms with Gasteiger partial charge in [0.05, 0.1) is 30.5 Å². The van der Waals surface area contributed by atoms with E-state index < -0.39 is 12.0 Å². The monoisotopic (exact) mass is 413 g/mol. The molecule has 0 aliphatic rings. The number of benzene rings is 1. The maximum absolute atomic E-state index is 13.0. The second-order valence-electron chi connectivity index (χ2n) is 7.60. The molecule has 7 heteroatoms. The number of aryl methyl sites for hydroxylation is 2. The fourth-order valence-corrected chi connectivity index (χ4v) is 3.35. The molecule has 1 atom stereocenters. The highest BCUT2D eigenvalue weighted by molar-refractivity contribution is 6.04. The zero-order valence-electron chi connectivity index (χ0n) is 18.8. The fourth-order valence-electron chi connectivity index (χ4n) is 3.35. The van der Waals surface area contributed by atoms with Crippen molar-refractivity contribution >= 4 is 23.3 Å². The second-order valence-corrected chi connectivity index (χ2v) is 7.60. The van der Waals surface area contributed by atoms with Gasteiger partial charge in [0.25, 0.3) is 0 Å². The van der Waals surface area contributed by atoms with Crippen LogP contribution < -0.4 is 5.32 Å². The number of aromatic amines is 1. The van der Waals surface area contributed by atoms with Crippen molar-refractivity contribution in [2.24, 2.45) is 0 Å². The molecule has 0 spiro atoms. The number of likely N-dealkylation sites (N-methyl/N-ethyl adjacent to an activating group) is 1. The Labute approximate surface area is 177 Å². The first-order valence-corrected chi connectivity index (χ1v) is 10.0. The lowest BCUT2D eigenvalue weighted by molar-refractivity contribution is -0.117. The zero-order chi connectivity index (χ0) is 22.6. The summed E-state index contributed by atoms with van der Waals surface area (Å²) in [6.45, 7) is 11.2. The largest absolute Gasteiger partial charge is 0.462 e. The van der Waals surface area contributed by atoms with Gasteiger partial charge in [0.15, 0.2) is 5.78 Å². The predicted molar refractivity (Wildman–Crippen MR) is 117 cm³/mol. The molecule has 2 aromatic rings. The molecule has 0 saturated carbocycles. The molecular formula is C23H31N3O4. The molecule has 0 radical (unpaired) electrons. The van der Waals surface area contributed by atoms with Crippen molar-refractivity contribution in [1.29, 1.82) is 0 Å². The highest BCUT2D eigenvalue weighted by Crippen LogP contribution is 2.22. The number of ether oxygens (including phenoxy) is 1. The van der Waals surface area contributed by atoms with Crippen molar-refractivity contribution in [2.45, 2.75) is 47.6 Å². The summed E-state index contributed by atoms with van der Waals surface area (Å²) < 4.78 is 5.08. The van der Waals surface area contributed by atoms with E-state index in [1.165, 1.54) is 0 Å². The van der Waals surface area contributed by atoms with Crippen LogP contribution in [0.25, 0.3) is 0 Å². The Balaban J connectivity index is 2.10. The lowest BCUT2D eigenvalue weighted by Gasteiger charge is -2.23. The van der Waals surface area contributed by atoms with Crippen LogP contribution in [0.4, 0.5) is 5.69 Å². The highest BCUT2D eigenvalue weighted by Gasteiger charge is 2.28. The van der Waals surface area contributed by atoms with E-state index in [4.69, 9.17) is 4.74 Å². The van der Waals surface area contributed by atoms with Crippen LogP contribution in [0.1, 0.15) is 57.1 Å². The minimum atomic E-state index is -0.554. The van der Waals surface area contributed by atoms with E-state index in [0.29, 0.717) is 22.5 Å². The molecule has 0 unspecified atom stereocenters. The van der Waals surface area contributed by atoms with E-state index in [1.807, 2.05) is 32.0 Å². The molecule has 1 heterocycles. The van der Waals surface area contributed by atoms with Crippen molar-refractivity contribution in [3.63, 3.8) is 0 Å². The summed E-state index contributed by atoms with van der Waals surface area (Å²) in [5.41, 5.74) is 4.80. The maximum atomic E-state index is 13.0. The molecule has 0 aliphatic heterocycles. The Hall–Kier alpha value is -2.93. The lowest BCUT2D eigenvalue weighted by atomic mass is 10.0.